The van der Waals surface area contributed by atoms with Crippen LogP contribution in [0, 0.1) is 5.92 Å². The number of nitrogens with one attached hydrogen (secondary N) is 1. The van der Waals surface area contributed by atoms with Gasteiger partial charge in [0.05, 0.1) is 6.61 Å². The molecule has 2 atom stereocenters. The molecule has 2 aromatic carbocycles. The van der Waals surface area contributed by atoms with Crippen molar-refractivity contribution in [3.63, 3.8) is 0 Å². The van der Waals surface area contributed by atoms with E-state index in [-0.39, 0.29) is 12.5 Å². The Morgan fingerprint density at radius 1 is 1.09 bits per heavy atom. The summed E-state index contributed by atoms with van der Waals surface area (Å²) in [6.45, 7) is 6.02. The van der Waals surface area contributed by atoms with Crippen molar-refractivity contribution in [1.29, 1.82) is 0 Å². The van der Waals surface area contributed by atoms with Crippen LogP contribution in [0.15, 0.2) is 59.6 Å². The third-order valence-corrected chi connectivity index (χ3v) is 6.02. The fourth-order valence-electron chi connectivity index (χ4n) is 4.08. The predicted octanol–water partition coefficient (Wildman–Crippen LogP) is 2.86. The first-order chi connectivity index (χ1) is 15.5. The maximum atomic E-state index is 13.0. The Kier molecular flexibility index (Phi) is 7.07. The van der Waals surface area contributed by atoms with Crippen molar-refractivity contribution in [2.24, 2.45) is 10.9 Å². The van der Waals surface area contributed by atoms with Crippen LogP contribution in [0.25, 0.3) is 0 Å². The third-order valence-electron chi connectivity index (χ3n) is 5.77. The number of guanidine groups is 1. The smallest absolute Gasteiger partial charge is 0.321 e. The number of benzene rings is 2. The Morgan fingerprint density at radius 2 is 1.78 bits per heavy atom. The summed E-state index contributed by atoms with van der Waals surface area (Å²) in [7, 11) is 0. The number of aliphatic imine (C=N–C) groups is 1. The molecule has 4 rings (SSSR count). The standard InChI is InChI=1S/C24H27ClN4O3/c1-2-32-23(31)20-21(18-8-10-19(25)11-9-18)26-24(27-22(20)30)29-14-12-28(13-15-29)16-17-6-4-3-5-7-17/h3-11,20-21H,2,12-16H2,1H3,(H,26,27,30). The maximum Gasteiger partial charge on any atom is 0.321 e. The minimum atomic E-state index is -1.03. The molecule has 0 bridgehead atoms. The van der Waals surface area contributed by atoms with Gasteiger partial charge in [0, 0.05) is 37.7 Å². The van der Waals surface area contributed by atoms with Crippen LogP contribution in [-0.2, 0) is 20.9 Å². The van der Waals surface area contributed by atoms with E-state index in [0.29, 0.717) is 11.0 Å². The second kappa shape index (κ2) is 10.1. The number of hydrogen-bond donors (Lipinski definition) is 1. The van der Waals surface area contributed by atoms with Gasteiger partial charge in [0.15, 0.2) is 5.92 Å². The molecular weight excluding hydrogens is 428 g/mol. The molecule has 0 saturated carbocycles. The van der Waals surface area contributed by atoms with E-state index in [1.54, 1.807) is 31.2 Å². The lowest BCUT2D eigenvalue weighted by Gasteiger charge is -2.39. The molecule has 0 spiro atoms. The van der Waals surface area contributed by atoms with E-state index < -0.39 is 17.9 Å². The second-order valence-corrected chi connectivity index (χ2v) is 8.35. The van der Waals surface area contributed by atoms with Crippen LogP contribution in [0.1, 0.15) is 24.1 Å². The van der Waals surface area contributed by atoms with Crippen LogP contribution in [0.3, 0.4) is 0 Å². The van der Waals surface area contributed by atoms with E-state index in [2.05, 4.69) is 39.4 Å². The summed E-state index contributed by atoms with van der Waals surface area (Å²) in [5.74, 6) is -1.48. The maximum absolute atomic E-state index is 13.0. The first-order valence-electron chi connectivity index (χ1n) is 10.9. The molecule has 8 heteroatoms. The van der Waals surface area contributed by atoms with Crippen LogP contribution in [0.2, 0.25) is 5.02 Å². The zero-order valence-electron chi connectivity index (χ0n) is 18.0. The lowest BCUT2D eigenvalue weighted by atomic mass is 9.91. The average Bonchev–Trinajstić information content (AvgIpc) is 2.80. The van der Waals surface area contributed by atoms with Gasteiger partial charge in [-0.05, 0) is 30.2 Å². The Bertz CT molecular complexity index is 972. The van der Waals surface area contributed by atoms with Crippen LogP contribution >= 0.6 is 11.6 Å². The summed E-state index contributed by atoms with van der Waals surface area (Å²) in [4.78, 5) is 34.8. The zero-order chi connectivity index (χ0) is 22.5. The summed E-state index contributed by atoms with van der Waals surface area (Å²) < 4.78 is 5.16. The van der Waals surface area contributed by atoms with E-state index in [1.165, 1.54) is 5.56 Å². The minimum absolute atomic E-state index is 0.204. The quantitative estimate of drug-likeness (QED) is 0.555. The van der Waals surface area contributed by atoms with Crippen LogP contribution < -0.4 is 5.32 Å². The van der Waals surface area contributed by atoms with Crippen molar-refractivity contribution in [2.75, 3.05) is 32.8 Å². The summed E-state index contributed by atoms with van der Waals surface area (Å²) in [5, 5.41) is 3.43. The molecule has 168 valence electrons. The highest BCUT2D eigenvalue weighted by Gasteiger charge is 2.42. The molecule has 0 aromatic heterocycles. The van der Waals surface area contributed by atoms with E-state index in [1.807, 2.05) is 6.07 Å². The molecule has 32 heavy (non-hydrogen) atoms. The van der Waals surface area contributed by atoms with Gasteiger partial charge in [-0.2, -0.15) is 0 Å². The van der Waals surface area contributed by atoms with E-state index >= 15 is 0 Å². The molecule has 0 radical (unpaired) electrons. The van der Waals surface area contributed by atoms with Crippen LogP contribution in [-0.4, -0.2) is 60.4 Å². The summed E-state index contributed by atoms with van der Waals surface area (Å²) in [5.41, 5.74) is 2.03. The second-order valence-electron chi connectivity index (χ2n) is 7.92. The minimum Gasteiger partial charge on any atom is -0.465 e. The van der Waals surface area contributed by atoms with Gasteiger partial charge in [0.2, 0.25) is 11.9 Å². The molecule has 2 aromatic rings. The lowest BCUT2D eigenvalue weighted by Crippen LogP contribution is -2.57. The highest BCUT2D eigenvalue weighted by Crippen LogP contribution is 2.31. The fraction of sp³-hybridized carbons (Fsp3) is 0.375. The first kappa shape index (κ1) is 22.3. The third kappa shape index (κ3) is 5.11. The zero-order valence-corrected chi connectivity index (χ0v) is 18.8. The first-order valence-corrected chi connectivity index (χ1v) is 11.2. The molecule has 2 heterocycles. The monoisotopic (exact) mass is 454 g/mol. The number of carbonyl (C=O) groups is 2. The number of rotatable bonds is 5. The number of carbonyl (C=O) groups excluding carboxylic acids is 2. The van der Waals surface area contributed by atoms with Gasteiger partial charge < -0.3 is 9.64 Å². The summed E-state index contributed by atoms with van der Waals surface area (Å²) >= 11 is 6.03. The molecule has 1 fully saturated rings. The van der Waals surface area contributed by atoms with Gasteiger partial charge in [0.25, 0.3) is 0 Å². The largest absolute Gasteiger partial charge is 0.465 e. The Morgan fingerprint density at radius 3 is 2.44 bits per heavy atom. The van der Waals surface area contributed by atoms with Crippen molar-refractivity contribution < 1.29 is 14.3 Å². The molecule has 1 saturated heterocycles. The number of halogens is 1. The highest BCUT2D eigenvalue weighted by molar-refractivity contribution is 6.30. The van der Waals surface area contributed by atoms with Crippen LogP contribution in [0.5, 0.6) is 0 Å². The van der Waals surface area contributed by atoms with Gasteiger partial charge in [-0.15, -0.1) is 0 Å². The van der Waals surface area contributed by atoms with Crippen molar-refractivity contribution >= 4 is 29.4 Å². The molecule has 0 aliphatic carbocycles. The van der Waals surface area contributed by atoms with Gasteiger partial charge in [-0.3, -0.25) is 19.8 Å². The van der Waals surface area contributed by atoms with Crippen molar-refractivity contribution in [3.8, 4) is 0 Å². The van der Waals surface area contributed by atoms with Gasteiger partial charge in [0.1, 0.15) is 6.04 Å². The predicted molar refractivity (Wildman–Crippen MR) is 123 cm³/mol. The summed E-state index contributed by atoms with van der Waals surface area (Å²) in [6.07, 6.45) is 0. The van der Waals surface area contributed by atoms with Crippen molar-refractivity contribution in [1.82, 2.24) is 15.1 Å². The van der Waals surface area contributed by atoms with Gasteiger partial charge in [-0.25, -0.2) is 4.99 Å². The SMILES string of the molecule is CCOC(=O)C1C(=O)NC(N2CCN(Cc3ccccc3)CC2)=NC1c1ccc(Cl)cc1. The number of piperazine rings is 1. The van der Waals surface area contributed by atoms with Crippen molar-refractivity contribution in [3.05, 3.63) is 70.7 Å². The normalized spacial score (nSPS) is 21.6. The number of amides is 1. The average molecular weight is 455 g/mol. The van der Waals surface area contributed by atoms with Crippen molar-refractivity contribution in [2.45, 2.75) is 19.5 Å². The van der Waals surface area contributed by atoms with E-state index in [0.717, 1.165) is 38.3 Å². The number of hydrogen-bond acceptors (Lipinski definition) is 6. The molecule has 1 N–H and O–H groups in total. The highest BCUT2D eigenvalue weighted by atomic mass is 35.5. The fourth-order valence-corrected chi connectivity index (χ4v) is 4.21. The molecule has 7 nitrogen and oxygen atoms in total. The molecule has 2 aliphatic rings. The molecule has 2 unspecified atom stereocenters. The summed E-state index contributed by atoms with van der Waals surface area (Å²) in [6, 6.07) is 16.8. The van der Waals surface area contributed by atoms with Gasteiger partial charge >= 0.3 is 5.97 Å². The molecular formula is C24H27ClN4O3. The topological polar surface area (TPSA) is 74.2 Å². The number of ether oxygens (including phenoxy) is 1. The Labute approximate surface area is 193 Å². The Balaban J connectivity index is 1.51. The van der Waals surface area contributed by atoms with E-state index in [4.69, 9.17) is 21.3 Å². The number of nitrogens with zero attached hydrogens (tertiary/aromatic N) is 3. The number of esters is 1. The van der Waals surface area contributed by atoms with Gasteiger partial charge in [-0.1, -0.05) is 54.1 Å². The molecule has 1 amide bonds. The lowest BCUT2D eigenvalue weighted by molar-refractivity contribution is -0.153. The molecule has 2 aliphatic heterocycles. The van der Waals surface area contributed by atoms with Crippen LogP contribution in [0.4, 0.5) is 0 Å². The Hall–Kier alpha value is -2.90. The van der Waals surface area contributed by atoms with E-state index in [9.17, 15) is 9.59 Å².